The number of hydrogen-bond acceptors (Lipinski definition) is 8. The van der Waals surface area contributed by atoms with Gasteiger partial charge in [-0.25, -0.2) is 4.98 Å². The third-order valence-electron chi connectivity index (χ3n) is 5.15. The minimum absolute atomic E-state index is 0.0854. The Morgan fingerprint density at radius 2 is 2.03 bits per heavy atom. The first-order valence-electron chi connectivity index (χ1n) is 9.49. The number of rotatable bonds is 5. The maximum absolute atomic E-state index is 13.1. The number of amides is 4. The smallest absolute Gasteiger partial charge is 0.262 e. The Morgan fingerprint density at radius 1 is 1.27 bits per heavy atom. The van der Waals surface area contributed by atoms with Gasteiger partial charge < -0.3 is 11.1 Å². The van der Waals surface area contributed by atoms with Crippen molar-refractivity contribution in [2.75, 3.05) is 5.32 Å². The fourth-order valence-corrected chi connectivity index (χ4v) is 4.44. The van der Waals surface area contributed by atoms with E-state index in [1.165, 1.54) is 11.3 Å². The molecule has 1 atom stereocenters. The van der Waals surface area contributed by atoms with Crippen LogP contribution >= 0.6 is 11.3 Å². The molecule has 1 unspecified atom stereocenters. The van der Waals surface area contributed by atoms with Crippen LogP contribution in [-0.4, -0.2) is 39.6 Å². The molecule has 0 saturated carbocycles. The van der Waals surface area contributed by atoms with Gasteiger partial charge in [0.15, 0.2) is 5.13 Å². The number of fused-ring (bicyclic) bond motifs is 1. The van der Waals surface area contributed by atoms with E-state index in [1.54, 1.807) is 18.2 Å². The average Bonchev–Trinajstić information content (AvgIpc) is 3.25. The molecule has 0 aliphatic carbocycles. The monoisotopic (exact) mass is 427 g/mol. The number of carbonyl (C=O) groups is 4. The summed E-state index contributed by atoms with van der Waals surface area (Å²) in [4.78, 5) is 55.0. The molecule has 2 aromatic rings. The Labute approximate surface area is 176 Å². The molecular formula is C20H21N5O4S. The van der Waals surface area contributed by atoms with Crippen LogP contribution in [0.2, 0.25) is 0 Å². The van der Waals surface area contributed by atoms with Gasteiger partial charge in [0, 0.05) is 18.3 Å². The molecule has 10 heteroatoms. The minimum Gasteiger partial charge on any atom is -0.357 e. The van der Waals surface area contributed by atoms with Crippen LogP contribution in [0.5, 0.6) is 0 Å². The highest BCUT2D eigenvalue weighted by molar-refractivity contribution is 7.13. The van der Waals surface area contributed by atoms with Crippen LogP contribution in [-0.2, 0) is 21.7 Å². The lowest BCUT2D eigenvalue weighted by Gasteiger charge is -2.27. The highest BCUT2D eigenvalue weighted by Crippen LogP contribution is 2.31. The van der Waals surface area contributed by atoms with Crippen molar-refractivity contribution < 1.29 is 19.2 Å². The third-order valence-corrected chi connectivity index (χ3v) is 5.95. The maximum atomic E-state index is 13.1. The van der Waals surface area contributed by atoms with Crippen molar-refractivity contribution >= 4 is 40.1 Å². The number of thiazole rings is 1. The van der Waals surface area contributed by atoms with E-state index in [1.807, 2.05) is 19.2 Å². The van der Waals surface area contributed by atoms with Crippen molar-refractivity contribution in [1.82, 2.24) is 15.2 Å². The van der Waals surface area contributed by atoms with Crippen LogP contribution in [0.3, 0.4) is 0 Å². The molecule has 30 heavy (non-hydrogen) atoms. The van der Waals surface area contributed by atoms with Crippen molar-refractivity contribution in [1.29, 1.82) is 0 Å². The van der Waals surface area contributed by atoms with Gasteiger partial charge in [0.25, 0.3) is 11.8 Å². The molecule has 4 amide bonds. The Bertz CT molecular complexity index is 1070. The number of carbonyl (C=O) groups excluding carboxylic acids is 4. The molecule has 2 aliphatic heterocycles. The largest absolute Gasteiger partial charge is 0.357 e. The number of aromatic nitrogens is 1. The van der Waals surface area contributed by atoms with E-state index in [9.17, 15) is 19.2 Å². The van der Waals surface area contributed by atoms with Crippen LogP contribution < -0.4 is 16.4 Å². The van der Waals surface area contributed by atoms with E-state index in [-0.39, 0.29) is 30.5 Å². The van der Waals surface area contributed by atoms with E-state index < -0.39 is 35.2 Å². The number of anilines is 1. The first kappa shape index (κ1) is 20.2. The van der Waals surface area contributed by atoms with E-state index in [0.29, 0.717) is 10.7 Å². The second-order valence-electron chi connectivity index (χ2n) is 7.90. The van der Waals surface area contributed by atoms with E-state index >= 15 is 0 Å². The molecular weight excluding hydrogens is 406 g/mol. The third kappa shape index (κ3) is 3.48. The summed E-state index contributed by atoms with van der Waals surface area (Å²) < 4.78 is 0. The summed E-state index contributed by atoms with van der Waals surface area (Å²) in [7, 11) is 0. The number of nitrogens with zero attached hydrogens (tertiary/aromatic N) is 2. The molecule has 156 valence electrons. The van der Waals surface area contributed by atoms with E-state index in [0.717, 1.165) is 10.6 Å². The number of piperidine rings is 1. The fraction of sp³-hybridized carbons (Fsp3) is 0.350. The predicted molar refractivity (Wildman–Crippen MR) is 110 cm³/mol. The van der Waals surface area contributed by atoms with Crippen molar-refractivity contribution in [3.05, 3.63) is 46.0 Å². The Balaban J connectivity index is 1.57. The number of imide groups is 2. The van der Waals surface area contributed by atoms with Crippen LogP contribution in [0.4, 0.5) is 5.13 Å². The Morgan fingerprint density at radius 3 is 2.70 bits per heavy atom. The minimum atomic E-state index is -0.982. The average molecular weight is 427 g/mol. The molecule has 0 radical (unpaired) electrons. The van der Waals surface area contributed by atoms with Crippen molar-refractivity contribution in [2.24, 2.45) is 5.73 Å². The van der Waals surface area contributed by atoms with Crippen LogP contribution in [0.15, 0.2) is 23.6 Å². The molecule has 1 aromatic heterocycles. The Kier molecular flexibility index (Phi) is 4.91. The summed E-state index contributed by atoms with van der Waals surface area (Å²) in [5.74, 6) is -2.07. The molecule has 1 saturated heterocycles. The van der Waals surface area contributed by atoms with Gasteiger partial charge in [-0.2, -0.15) is 0 Å². The molecule has 4 rings (SSSR count). The Hall–Kier alpha value is -3.11. The molecule has 1 fully saturated rings. The number of nitrogens with two attached hydrogens (primary N) is 1. The normalized spacial score (nSPS) is 19.2. The van der Waals surface area contributed by atoms with Crippen LogP contribution in [0, 0.1) is 0 Å². The summed E-state index contributed by atoms with van der Waals surface area (Å²) in [6.45, 7) is 4.01. The molecule has 4 N–H and O–H groups in total. The zero-order chi connectivity index (χ0) is 21.6. The fourth-order valence-electron chi connectivity index (χ4n) is 3.55. The van der Waals surface area contributed by atoms with Gasteiger partial charge in [0.2, 0.25) is 11.8 Å². The van der Waals surface area contributed by atoms with Crippen molar-refractivity contribution in [3.8, 4) is 0 Å². The maximum Gasteiger partial charge on any atom is 0.262 e. The van der Waals surface area contributed by atoms with Gasteiger partial charge in [-0.15, -0.1) is 11.3 Å². The lowest BCUT2D eigenvalue weighted by Crippen LogP contribution is -2.54. The second-order valence-corrected chi connectivity index (χ2v) is 8.76. The summed E-state index contributed by atoms with van der Waals surface area (Å²) >= 11 is 1.40. The summed E-state index contributed by atoms with van der Waals surface area (Å²) in [6, 6.07) is 4.05. The lowest BCUT2D eigenvalue weighted by molar-refractivity contribution is -0.136. The van der Waals surface area contributed by atoms with Crippen LogP contribution in [0.1, 0.15) is 58.7 Å². The van der Waals surface area contributed by atoms with Crippen LogP contribution in [0.25, 0.3) is 0 Å². The SMILES string of the molecule is CC(C)(N)c1csc(NCc2cccc3c2C(=O)N(C2CCC(=O)NC2=O)C3=O)n1. The zero-order valence-corrected chi connectivity index (χ0v) is 17.3. The van der Waals surface area contributed by atoms with E-state index in [2.05, 4.69) is 15.6 Å². The standard InChI is InChI=1S/C20H21N5O4S/c1-20(2,21)13-9-30-19(23-13)22-8-10-4-3-5-11-15(10)18(29)25(17(11)28)12-6-7-14(26)24-16(12)27/h3-5,9,12H,6-8,21H2,1-2H3,(H,22,23)(H,24,26,27). The molecule has 2 aliphatic rings. The summed E-state index contributed by atoms with van der Waals surface area (Å²) in [5.41, 5.74) is 7.42. The van der Waals surface area contributed by atoms with Crippen molar-refractivity contribution in [3.63, 3.8) is 0 Å². The van der Waals surface area contributed by atoms with Gasteiger partial charge in [-0.05, 0) is 31.9 Å². The summed E-state index contributed by atoms with van der Waals surface area (Å²) in [5, 5.41) is 7.89. The number of hydrogen-bond donors (Lipinski definition) is 3. The van der Waals surface area contributed by atoms with Gasteiger partial charge in [0.05, 0.1) is 22.4 Å². The molecule has 1 aromatic carbocycles. The molecule has 0 spiro atoms. The predicted octanol–water partition coefficient (Wildman–Crippen LogP) is 1.35. The van der Waals surface area contributed by atoms with Gasteiger partial charge in [0.1, 0.15) is 6.04 Å². The number of benzene rings is 1. The zero-order valence-electron chi connectivity index (χ0n) is 16.5. The second kappa shape index (κ2) is 7.29. The van der Waals surface area contributed by atoms with Gasteiger partial charge in [-0.1, -0.05) is 12.1 Å². The first-order chi connectivity index (χ1) is 14.2. The molecule has 3 heterocycles. The van der Waals surface area contributed by atoms with E-state index in [4.69, 9.17) is 5.73 Å². The highest BCUT2D eigenvalue weighted by Gasteiger charge is 2.45. The first-order valence-corrected chi connectivity index (χ1v) is 10.4. The summed E-state index contributed by atoms with van der Waals surface area (Å²) in [6.07, 6.45) is 0.211. The topological polar surface area (TPSA) is 134 Å². The van der Waals surface area contributed by atoms with Crippen molar-refractivity contribution in [2.45, 2.75) is 44.8 Å². The van der Waals surface area contributed by atoms with Gasteiger partial charge in [-0.3, -0.25) is 29.4 Å². The quantitative estimate of drug-likeness (QED) is 0.613. The number of nitrogens with one attached hydrogen (secondary N) is 2. The molecule has 9 nitrogen and oxygen atoms in total. The molecule has 0 bridgehead atoms. The highest BCUT2D eigenvalue weighted by atomic mass is 32.1. The van der Waals surface area contributed by atoms with Gasteiger partial charge >= 0.3 is 0 Å². The lowest BCUT2D eigenvalue weighted by atomic mass is 10.0.